The SMILES string of the molecule is CC(NC(=O)c1cnn(C2CCCCC2)c1)c1cccc(Cl)c1. The maximum Gasteiger partial charge on any atom is 0.254 e. The highest BCUT2D eigenvalue weighted by atomic mass is 35.5. The molecular formula is C18H22ClN3O. The van der Waals surface area contributed by atoms with E-state index < -0.39 is 0 Å². The summed E-state index contributed by atoms with van der Waals surface area (Å²) in [5, 5.41) is 8.07. The largest absolute Gasteiger partial charge is 0.345 e. The molecule has 1 heterocycles. The molecule has 1 aliphatic rings. The summed E-state index contributed by atoms with van der Waals surface area (Å²) in [7, 11) is 0. The number of carbonyl (C=O) groups excluding carboxylic acids is 1. The van der Waals surface area contributed by atoms with E-state index in [-0.39, 0.29) is 11.9 Å². The molecule has 5 heteroatoms. The molecule has 1 unspecified atom stereocenters. The van der Waals surface area contributed by atoms with Gasteiger partial charge < -0.3 is 5.32 Å². The smallest absolute Gasteiger partial charge is 0.254 e. The van der Waals surface area contributed by atoms with Crippen LogP contribution in [0.4, 0.5) is 0 Å². The van der Waals surface area contributed by atoms with E-state index >= 15 is 0 Å². The summed E-state index contributed by atoms with van der Waals surface area (Å²) < 4.78 is 1.96. The normalized spacial score (nSPS) is 17.0. The maximum absolute atomic E-state index is 12.4. The third kappa shape index (κ3) is 3.94. The standard InChI is InChI=1S/C18H22ClN3O/c1-13(14-6-5-7-16(19)10-14)21-18(23)15-11-20-22(12-15)17-8-3-2-4-9-17/h5-7,10-13,17H,2-4,8-9H2,1H3,(H,21,23). The van der Waals surface area contributed by atoms with Crippen LogP contribution in [0.3, 0.4) is 0 Å². The lowest BCUT2D eigenvalue weighted by atomic mass is 9.96. The van der Waals surface area contributed by atoms with Gasteiger partial charge in [-0.15, -0.1) is 0 Å². The van der Waals surface area contributed by atoms with Gasteiger partial charge in [0.05, 0.1) is 23.8 Å². The van der Waals surface area contributed by atoms with Crippen molar-refractivity contribution >= 4 is 17.5 Å². The van der Waals surface area contributed by atoms with Crippen molar-refractivity contribution in [3.05, 3.63) is 52.8 Å². The molecule has 1 aliphatic carbocycles. The van der Waals surface area contributed by atoms with Crippen LogP contribution in [-0.2, 0) is 0 Å². The quantitative estimate of drug-likeness (QED) is 0.894. The van der Waals surface area contributed by atoms with Crippen molar-refractivity contribution in [2.45, 2.75) is 51.1 Å². The zero-order chi connectivity index (χ0) is 16.2. The van der Waals surface area contributed by atoms with Gasteiger partial charge in [-0.1, -0.05) is 43.0 Å². The summed E-state index contributed by atoms with van der Waals surface area (Å²) in [6.45, 7) is 1.95. The number of nitrogens with one attached hydrogen (secondary N) is 1. The van der Waals surface area contributed by atoms with Gasteiger partial charge in [0, 0.05) is 11.2 Å². The fourth-order valence-corrected chi connectivity index (χ4v) is 3.34. The number of rotatable bonds is 4. The zero-order valence-electron chi connectivity index (χ0n) is 13.3. The lowest BCUT2D eigenvalue weighted by Gasteiger charge is -2.21. The van der Waals surface area contributed by atoms with Gasteiger partial charge in [0.2, 0.25) is 0 Å². The molecule has 2 aromatic rings. The van der Waals surface area contributed by atoms with Crippen LogP contribution in [-0.4, -0.2) is 15.7 Å². The molecule has 1 amide bonds. The first-order chi connectivity index (χ1) is 11.1. The van der Waals surface area contributed by atoms with Crippen molar-refractivity contribution in [3.63, 3.8) is 0 Å². The molecular weight excluding hydrogens is 310 g/mol. The summed E-state index contributed by atoms with van der Waals surface area (Å²) in [4.78, 5) is 12.4. The molecule has 0 radical (unpaired) electrons. The average molecular weight is 332 g/mol. The molecule has 0 bridgehead atoms. The van der Waals surface area contributed by atoms with E-state index in [0.29, 0.717) is 16.6 Å². The first kappa shape index (κ1) is 16.1. The van der Waals surface area contributed by atoms with E-state index in [4.69, 9.17) is 11.6 Å². The van der Waals surface area contributed by atoms with E-state index in [1.807, 2.05) is 42.1 Å². The van der Waals surface area contributed by atoms with Crippen molar-refractivity contribution in [1.82, 2.24) is 15.1 Å². The summed E-state index contributed by atoms with van der Waals surface area (Å²) in [5.41, 5.74) is 1.61. The van der Waals surface area contributed by atoms with Gasteiger partial charge >= 0.3 is 0 Å². The Morgan fingerprint density at radius 3 is 2.87 bits per heavy atom. The molecule has 1 aromatic heterocycles. The molecule has 0 saturated heterocycles. The number of halogens is 1. The van der Waals surface area contributed by atoms with E-state index in [1.165, 1.54) is 19.3 Å². The summed E-state index contributed by atoms with van der Waals surface area (Å²) in [6.07, 6.45) is 9.64. The van der Waals surface area contributed by atoms with Crippen LogP contribution in [0.5, 0.6) is 0 Å². The molecule has 1 saturated carbocycles. The molecule has 1 aromatic carbocycles. The Balaban J connectivity index is 1.65. The van der Waals surface area contributed by atoms with Crippen molar-refractivity contribution in [3.8, 4) is 0 Å². The predicted octanol–water partition coefficient (Wildman–Crippen LogP) is 4.53. The molecule has 1 N–H and O–H groups in total. The minimum absolute atomic E-state index is 0.0977. The second-order valence-corrected chi connectivity index (χ2v) is 6.69. The molecule has 3 rings (SSSR count). The van der Waals surface area contributed by atoms with Gasteiger partial charge in [-0.3, -0.25) is 9.48 Å². The van der Waals surface area contributed by atoms with Crippen LogP contribution in [0.25, 0.3) is 0 Å². The van der Waals surface area contributed by atoms with Crippen LogP contribution >= 0.6 is 11.6 Å². The van der Waals surface area contributed by atoms with Gasteiger partial charge in [-0.2, -0.15) is 5.10 Å². The molecule has 1 atom stereocenters. The minimum atomic E-state index is -0.0979. The summed E-state index contributed by atoms with van der Waals surface area (Å²) in [6, 6.07) is 7.89. The van der Waals surface area contributed by atoms with Gasteiger partial charge in [0.1, 0.15) is 0 Å². The van der Waals surface area contributed by atoms with E-state index in [0.717, 1.165) is 18.4 Å². The van der Waals surface area contributed by atoms with Crippen LogP contribution in [0, 0.1) is 0 Å². The molecule has 122 valence electrons. The Kier molecular flexibility index (Phi) is 5.01. The number of amides is 1. The van der Waals surface area contributed by atoms with Crippen molar-refractivity contribution in [1.29, 1.82) is 0 Å². The van der Waals surface area contributed by atoms with Crippen molar-refractivity contribution in [2.24, 2.45) is 0 Å². The highest BCUT2D eigenvalue weighted by Crippen LogP contribution is 2.27. The predicted molar refractivity (Wildman–Crippen MR) is 91.7 cm³/mol. The highest BCUT2D eigenvalue weighted by molar-refractivity contribution is 6.30. The van der Waals surface area contributed by atoms with Gasteiger partial charge in [-0.05, 0) is 37.5 Å². The van der Waals surface area contributed by atoms with Crippen molar-refractivity contribution in [2.75, 3.05) is 0 Å². The Labute approximate surface area is 141 Å². The number of hydrogen-bond acceptors (Lipinski definition) is 2. The number of carbonyl (C=O) groups is 1. The summed E-state index contributed by atoms with van der Waals surface area (Å²) >= 11 is 6.01. The Morgan fingerprint density at radius 2 is 2.13 bits per heavy atom. The lowest BCUT2D eigenvalue weighted by Crippen LogP contribution is -2.26. The van der Waals surface area contributed by atoms with Crippen LogP contribution in [0.2, 0.25) is 5.02 Å². The van der Waals surface area contributed by atoms with Crippen LogP contribution < -0.4 is 5.32 Å². The molecule has 4 nitrogen and oxygen atoms in total. The first-order valence-electron chi connectivity index (χ1n) is 8.24. The van der Waals surface area contributed by atoms with E-state index in [1.54, 1.807) is 6.20 Å². The second kappa shape index (κ2) is 7.18. The fourth-order valence-electron chi connectivity index (χ4n) is 3.14. The third-order valence-electron chi connectivity index (χ3n) is 4.51. The number of nitrogens with zero attached hydrogens (tertiary/aromatic N) is 2. The van der Waals surface area contributed by atoms with Crippen LogP contribution in [0.15, 0.2) is 36.7 Å². The molecule has 0 aliphatic heterocycles. The lowest BCUT2D eigenvalue weighted by molar-refractivity contribution is 0.0939. The first-order valence-corrected chi connectivity index (χ1v) is 8.62. The zero-order valence-corrected chi connectivity index (χ0v) is 14.1. The number of aromatic nitrogens is 2. The molecule has 23 heavy (non-hydrogen) atoms. The third-order valence-corrected chi connectivity index (χ3v) is 4.74. The molecule has 1 fully saturated rings. The summed E-state index contributed by atoms with van der Waals surface area (Å²) in [5.74, 6) is -0.0977. The minimum Gasteiger partial charge on any atom is -0.345 e. The topological polar surface area (TPSA) is 46.9 Å². The van der Waals surface area contributed by atoms with Gasteiger partial charge in [-0.25, -0.2) is 0 Å². The number of hydrogen-bond donors (Lipinski definition) is 1. The van der Waals surface area contributed by atoms with E-state index in [9.17, 15) is 4.79 Å². The average Bonchev–Trinajstić information content (AvgIpc) is 3.06. The molecule has 0 spiro atoms. The Morgan fingerprint density at radius 1 is 1.35 bits per heavy atom. The second-order valence-electron chi connectivity index (χ2n) is 6.25. The monoisotopic (exact) mass is 331 g/mol. The van der Waals surface area contributed by atoms with Crippen molar-refractivity contribution < 1.29 is 4.79 Å². The fraction of sp³-hybridized carbons (Fsp3) is 0.444. The van der Waals surface area contributed by atoms with Crippen LogP contribution in [0.1, 0.15) is 67.0 Å². The van der Waals surface area contributed by atoms with E-state index in [2.05, 4.69) is 10.4 Å². The maximum atomic E-state index is 12.4. The van der Waals surface area contributed by atoms with Gasteiger partial charge in [0.25, 0.3) is 5.91 Å². The van der Waals surface area contributed by atoms with Gasteiger partial charge in [0.15, 0.2) is 0 Å². The Bertz CT molecular complexity index is 676. The Hall–Kier alpha value is -1.81. The highest BCUT2D eigenvalue weighted by Gasteiger charge is 2.18. The number of benzene rings is 1.